The zero-order valence-corrected chi connectivity index (χ0v) is 8.99. The van der Waals surface area contributed by atoms with E-state index in [9.17, 15) is 9.90 Å². The number of hydrogen-bond acceptors (Lipinski definition) is 1. The van der Waals surface area contributed by atoms with Crippen molar-refractivity contribution in [3.05, 3.63) is 35.4 Å². The predicted octanol–water partition coefficient (Wildman–Crippen LogP) is 2.76. The minimum atomic E-state index is -0.697. The molecule has 0 radical (unpaired) electrons. The summed E-state index contributed by atoms with van der Waals surface area (Å²) >= 11 is 0. The minimum absolute atomic E-state index is 0.687. The van der Waals surface area contributed by atoms with Crippen LogP contribution in [0.3, 0.4) is 0 Å². The Labute approximate surface area is 89.9 Å². The first kappa shape index (κ1) is 10.2. The second-order valence-corrected chi connectivity index (χ2v) is 4.50. The van der Waals surface area contributed by atoms with Gasteiger partial charge in [0, 0.05) is 0 Å². The zero-order valence-electron chi connectivity index (χ0n) is 8.99. The van der Waals surface area contributed by atoms with Gasteiger partial charge < -0.3 is 5.11 Å². The number of carboxylic acid groups (broad SMARTS) is 1. The number of aryl methyl sites for hydroxylation is 1. The summed E-state index contributed by atoms with van der Waals surface area (Å²) in [4.78, 5) is 11.4. The van der Waals surface area contributed by atoms with Crippen LogP contribution in [0, 0.1) is 0 Å². The van der Waals surface area contributed by atoms with Crippen LogP contribution in [0.15, 0.2) is 24.3 Å². The SMILES string of the molecule is CC1(C(=O)O)CCCCc2ccccc21. The maximum absolute atomic E-state index is 11.4. The second-order valence-electron chi connectivity index (χ2n) is 4.50. The van der Waals surface area contributed by atoms with Crippen LogP contribution in [0.5, 0.6) is 0 Å². The van der Waals surface area contributed by atoms with E-state index in [0.29, 0.717) is 0 Å². The van der Waals surface area contributed by atoms with Crippen molar-refractivity contribution in [3.8, 4) is 0 Å². The molecule has 80 valence electrons. The van der Waals surface area contributed by atoms with Gasteiger partial charge in [-0.15, -0.1) is 0 Å². The van der Waals surface area contributed by atoms with E-state index in [1.54, 1.807) is 0 Å². The first-order valence-corrected chi connectivity index (χ1v) is 5.46. The molecular weight excluding hydrogens is 188 g/mol. The molecule has 0 heterocycles. The molecule has 0 fully saturated rings. The van der Waals surface area contributed by atoms with Crippen molar-refractivity contribution in [2.24, 2.45) is 0 Å². The highest BCUT2D eigenvalue weighted by molar-refractivity contribution is 5.81. The van der Waals surface area contributed by atoms with Crippen LogP contribution in [-0.4, -0.2) is 11.1 Å². The second kappa shape index (κ2) is 3.69. The molecule has 0 spiro atoms. The molecule has 15 heavy (non-hydrogen) atoms. The molecule has 0 aromatic heterocycles. The average Bonchev–Trinajstić information content (AvgIpc) is 2.40. The molecule has 0 aliphatic heterocycles. The predicted molar refractivity (Wildman–Crippen MR) is 59.0 cm³/mol. The highest BCUT2D eigenvalue weighted by atomic mass is 16.4. The first-order valence-electron chi connectivity index (χ1n) is 5.46. The Morgan fingerprint density at radius 3 is 2.80 bits per heavy atom. The summed E-state index contributed by atoms with van der Waals surface area (Å²) < 4.78 is 0. The molecule has 1 aliphatic rings. The van der Waals surface area contributed by atoms with E-state index >= 15 is 0 Å². The van der Waals surface area contributed by atoms with Crippen molar-refractivity contribution in [1.82, 2.24) is 0 Å². The summed E-state index contributed by atoms with van der Waals surface area (Å²) in [7, 11) is 0. The Hall–Kier alpha value is -1.31. The fraction of sp³-hybridized carbons (Fsp3) is 0.462. The highest BCUT2D eigenvalue weighted by Crippen LogP contribution is 2.36. The van der Waals surface area contributed by atoms with Crippen LogP contribution in [-0.2, 0) is 16.6 Å². The molecule has 0 saturated heterocycles. The molecule has 2 rings (SSSR count). The van der Waals surface area contributed by atoms with Crippen LogP contribution in [0.1, 0.15) is 37.3 Å². The topological polar surface area (TPSA) is 37.3 Å². The molecule has 0 amide bonds. The molecule has 1 aromatic rings. The van der Waals surface area contributed by atoms with E-state index in [1.807, 2.05) is 25.1 Å². The number of benzene rings is 1. The highest BCUT2D eigenvalue weighted by Gasteiger charge is 2.37. The first-order chi connectivity index (χ1) is 7.14. The Kier molecular flexibility index (Phi) is 2.51. The number of rotatable bonds is 1. The van der Waals surface area contributed by atoms with Gasteiger partial charge in [-0.1, -0.05) is 30.7 Å². The lowest BCUT2D eigenvalue weighted by atomic mass is 9.78. The molecule has 0 bridgehead atoms. The number of carboxylic acids is 1. The fourth-order valence-corrected chi connectivity index (χ4v) is 2.43. The maximum Gasteiger partial charge on any atom is 0.313 e. The maximum atomic E-state index is 11.4. The Balaban J connectivity index is 2.55. The monoisotopic (exact) mass is 204 g/mol. The third-order valence-corrected chi connectivity index (χ3v) is 3.46. The third-order valence-electron chi connectivity index (χ3n) is 3.46. The number of aliphatic carboxylic acids is 1. The van der Waals surface area contributed by atoms with Crippen molar-refractivity contribution in [2.45, 2.75) is 38.0 Å². The lowest BCUT2D eigenvalue weighted by molar-refractivity contribution is -0.143. The molecule has 2 heteroatoms. The number of fused-ring (bicyclic) bond motifs is 1. The third kappa shape index (κ3) is 1.65. The van der Waals surface area contributed by atoms with Crippen LogP contribution in [0.4, 0.5) is 0 Å². The van der Waals surface area contributed by atoms with Gasteiger partial charge in [0.25, 0.3) is 0 Å². The normalized spacial score (nSPS) is 25.4. The lowest BCUT2D eigenvalue weighted by Gasteiger charge is -2.25. The number of hydrogen-bond donors (Lipinski definition) is 1. The van der Waals surface area contributed by atoms with Gasteiger partial charge in [0.1, 0.15) is 0 Å². The molecule has 0 saturated carbocycles. The van der Waals surface area contributed by atoms with E-state index in [1.165, 1.54) is 5.56 Å². The molecule has 2 nitrogen and oxygen atoms in total. The van der Waals surface area contributed by atoms with Gasteiger partial charge >= 0.3 is 5.97 Å². The molecule has 1 N–H and O–H groups in total. The quantitative estimate of drug-likeness (QED) is 0.714. The van der Waals surface area contributed by atoms with Crippen molar-refractivity contribution in [1.29, 1.82) is 0 Å². The largest absolute Gasteiger partial charge is 0.481 e. The fourth-order valence-electron chi connectivity index (χ4n) is 2.43. The standard InChI is InChI=1S/C13H16O2/c1-13(12(14)15)9-5-4-7-10-6-2-3-8-11(10)13/h2-3,6,8H,4-5,7,9H2,1H3,(H,14,15). The van der Waals surface area contributed by atoms with Crippen LogP contribution in [0.25, 0.3) is 0 Å². The van der Waals surface area contributed by atoms with Gasteiger partial charge in [0.15, 0.2) is 0 Å². The summed E-state index contributed by atoms with van der Waals surface area (Å²) in [5, 5.41) is 9.37. The van der Waals surface area contributed by atoms with Gasteiger partial charge in [-0.25, -0.2) is 0 Å². The molecule has 1 aromatic carbocycles. The Morgan fingerprint density at radius 1 is 1.33 bits per heavy atom. The van der Waals surface area contributed by atoms with Crippen molar-refractivity contribution in [3.63, 3.8) is 0 Å². The number of carbonyl (C=O) groups is 1. The molecule has 1 aliphatic carbocycles. The zero-order chi connectivity index (χ0) is 10.9. The smallest absolute Gasteiger partial charge is 0.313 e. The van der Waals surface area contributed by atoms with Gasteiger partial charge in [-0.2, -0.15) is 0 Å². The van der Waals surface area contributed by atoms with E-state index in [2.05, 4.69) is 6.07 Å². The molecular formula is C13H16O2. The molecule has 1 unspecified atom stereocenters. The summed E-state index contributed by atoms with van der Waals surface area (Å²) in [5.74, 6) is -0.697. The Morgan fingerprint density at radius 2 is 2.07 bits per heavy atom. The van der Waals surface area contributed by atoms with Crippen molar-refractivity contribution in [2.75, 3.05) is 0 Å². The van der Waals surface area contributed by atoms with Crippen LogP contribution in [0.2, 0.25) is 0 Å². The van der Waals surface area contributed by atoms with Gasteiger partial charge in [0.05, 0.1) is 5.41 Å². The van der Waals surface area contributed by atoms with E-state index in [-0.39, 0.29) is 0 Å². The summed E-state index contributed by atoms with van der Waals surface area (Å²) in [5.41, 5.74) is 1.53. The average molecular weight is 204 g/mol. The van der Waals surface area contributed by atoms with E-state index < -0.39 is 11.4 Å². The summed E-state index contributed by atoms with van der Waals surface area (Å²) in [6.07, 6.45) is 3.86. The van der Waals surface area contributed by atoms with E-state index in [0.717, 1.165) is 31.2 Å². The summed E-state index contributed by atoms with van der Waals surface area (Å²) in [6, 6.07) is 7.95. The molecule has 1 atom stereocenters. The van der Waals surface area contributed by atoms with Crippen molar-refractivity contribution < 1.29 is 9.90 Å². The van der Waals surface area contributed by atoms with Gasteiger partial charge in [-0.3, -0.25) is 4.79 Å². The Bertz CT molecular complexity index is 384. The van der Waals surface area contributed by atoms with Crippen LogP contribution < -0.4 is 0 Å². The van der Waals surface area contributed by atoms with Gasteiger partial charge in [-0.05, 0) is 37.3 Å². The van der Waals surface area contributed by atoms with Crippen LogP contribution >= 0.6 is 0 Å². The minimum Gasteiger partial charge on any atom is -0.481 e. The van der Waals surface area contributed by atoms with Gasteiger partial charge in [0.2, 0.25) is 0 Å². The lowest BCUT2D eigenvalue weighted by Crippen LogP contribution is -2.32. The van der Waals surface area contributed by atoms with Crippen molar-refractivity contribution >= 4 is 5.97 Å². The van der Waals surface area contributed by atoms with E-state index in [4.69, 9.17) is 0 Å². The summed E-state index contributed by atoms with van der Waals surface area (Å²) in [6.45, 7) is 1.85.